The van der Waals surface area contributed by atoms with E-state index in [1.54, 1.807) is 25.1 Å². The molecule has 0 radical (unpaired) electrons. The van der Waals surface area contributed by atoms with Crippen molar-refractivity contribution in [2.45, 2.75) is 26.3 Å². The maximum atomic E-state index is 11.3. The van der Waals surface area contributed by atoms with E-state index in [4.69, 9.17) is 27.9 Å². The first kappa shape index (κ1) is 14.1. The second-order valence-corrected chi connectivity index (χ2v) is 4.47. The van der Waals surface area contributed by atoms with Crippen molar-refractivity contribution in [2.75, 3.05) is 11.9 Å². The Hall–Kier alpha value is -0.930. The Kier molecular flexibility index (Phi) is 5.59. The van der Waals surface area contributed by atoms with Crippen molar-refractivity contribution >= 4 is 34.9 Å². The van der Waals surface area contributed by atoms with Gasteiger partial charge in [-0.3, -0.25) is 4.79 Å². The molecule has 0 amide bonds. The van der Waals surface area contributed by atoms with Crippen LogP contribution in [-0.2, 0) is 9.53 Å². The second-order valence-electron chi connectivity index (χ2n) is 3.65. The predicted molar refractivity (Wildman–Crippen MR) is 70.8 cm³/mol. The quantitative estimate of drug-likeness (QED) is 0.832. The van der Waals surface area contributed by atoms with Gasteiger partial charge in [-0.25, -0.2) is 0 Å². The first-order valence-corrected chi connectivity index (χ1v) is 6.16. The molecule has 5 heteroatoms. The highest BCUT2D eigenvalue weighted by Gasteiger charge is 2.12. The molecule has 0 aliphatic rings. The zero-order valence-electron chi connectivity index (χ0n) is 9.80. The number of hydrogen-bond acceptors (Lipinski definition) is 3. The number of esters is 1. The van der Waals surface area contributed by atoms with Gasteiger partial charge in [0, 0.05) is 6.04 Å². The topological polar surface area (TPSA) is 38.3 Å². The van der Waals surface area contributed by atoms with Crippen molar-refractivity contribution in [2.24, 2.45) is 0 Å². The third-order valence-corrected chi connectivity index (χ3v) is 2.76. The number of carbonyl (C=O) groups is 1. The van der Waals surface area contributed by atoms with Crippen LogP contribution in [0, 0.1) is 0 Å². The van der Waals surface area contributed by atoms with Crippen LogP contribution in [0.15, 0.2) is 18.2 Å². The number of carbonyl (C=O) groups excluding carboxylic acids is 1. The minimum Gasteiger partial charge on any atom is -0.466 e. The Morgan fingerprint density at radius 3 is 2.53 bits per heavy atom. The van der Waals surface area contributed by atoms with E-state index in [1.165, 1.54) is 0 Å². The molecule has 0 heterocycles. The van der Waals surface area contributed by atoms with Gasteiger partial charge in [-0.15, -0.1) is 0 Å². The molecule has 0 aromatic heterocycles. The van der Waals surface area contributed by atoms with E-state index >= 15 is 0 Å². The average molecular weight is 276 g/mol. The fraction of sp³-hybridized carbons (Fsp3) is 0.417. The highest BCUT2D eigenvalue weighted by atomic mass is 35.5. The van der Waals surface area contributed by atoms with Crippen LogP contribution in [0.25, 0.3) is 0 Å². The minimum atomic E-state index is -0.240. The highest BCUT2D eigenvalue weighted by molar-refractivity contribution is 6.39. The molecular weight excluding hydrogens is 261 g/mol. The second kappa shape index (κ2) is 6.72. The summed E-state index contributed by atoms with van der Waals surface area (Å²) in [5, 5.41) is 4.17. The summed E-state index contributed by atoms with van der Waals surface area (Å²) in [6, 6.07) is 5.16. The lowest BCUT2D eigenvalue weighted by atomic mass is 10.2. The summed E-state index contributed by atoms with van der Waals surface area (Å²) in [6.07, 6.45) is 0.273. The van der Waals surface area contributed by atoms with Gasteiger partial charge in [0.15, 0.2) is 0 Å². The lowest BCUT2D eigenvalue weighted by Gasteiger charge is -2.16. The van der Waals surface area contributed by atoms with Crippen LogP contribution in [0.4, 0.5) is 5.69 Å². The molecule has 1 unspecified atom stereocenters. The van der Waals surface area contributed by atoms with Crippen molar-refractivity contribution in [1.82, 2.24) is 0 Å². The molecule has 0 spiro atoms. The largest absolute Gasteiger partial charge is 0.466 e. The SMILES string of the molecule is CCOC(=O)CC(C)Nc1c(Cl)cccc1Cl. The van der Waals surface area contributed by atoms with Crippen LogP contribution < -0.4 is 5.32 Å². The molecule has 17 heavy (non-hydrogen) atoms. The van der Waals surface area contributed by atoms with Crippen LogP contribution in [0.2, 0.25) is 10.0 Å². The first-order chi connectivity index (χ1) is 8.04. The smallest absolute Gasteiger partial charge is 0.307 e. The number of benzene rings is 1. The molecular formula is C12H15Cl2NO2. The Morgan fingerprint density at radius 1 is 1.41 bits per heavy atom. The Bertz CT molecular complexity index is 376. The molecule has 0 bridgehead atoms. The molecule has 0 aliphatic heterocycles. The summed E-state index contributed by atoms with van der Waals surface area (Å²) in [7, 11) is 0. The molecule has 0 saturated heterocycles. The molecule has 1 aromatic rings. The molecule has 1 atom stereocenters. The van der Waals surface area contributed by atoms with Crippen LogP contribution in [-0.4, -0.2) is 18.6 Å². The summed E-state index contributed by atoms with van der Waals surface area (Å²) in [6.45, 7) is 4.04. The molecule has 3 nitrogen and oxygen atoms in total. The van der Waals surface area contributed by atoms with E-state index in [-0.39, 0.29) is 18.4 Å². The fourth-order valence-electron chi connectivity index (χ4n) is 1.40. The van der Waals surface area contributed by atoms with Gasteiger partial charge in [0.05, 0.1) is 28.8 Å². The molecule has 1 rings (SSSR count). The molecule has 1 N–H and O–H groups in total. The Morgan fingerprint density at radius 2 is 2.00 bits per heavy atom. The summed E-state index contributed by atoms with van der Waals surface area (Å²) in [5.41, 5.74) is 0.646. The number of para-hydroxylation sites is 1. The van der Waals surface area contributed by atoms with E-state index < -0.39 is 0 Å². The normalized spacial score (nSPS) is 12.0. The standard InChI is InChI=1S/C12H15Cl2NO2/c1-3-17-11(16)7-8(2)15-12-9(13)5-4-6-10(12)14/h4-6,8,15H,3,7H2,1-2H3. The van der Waals surface area contributed by atoms with E-state index in [0.29, 0.717) is 22.3 Å². The van der Waals surface area contributed by atoms with Gasteiger partial charge in [0.1, 0.15) is 0 Å². The zero-order chi connectivity index (χ0) is 12.8. The first-order valence-electron chi connectivity index (χ1n) is 5.40. The van der Waals surface area contributed by atoms with Crippen LogP contribution in [0.1, 0.15) is 20.3 Å². The average Bonchev–Trinajstić information content (AvgIpc) is 2.24. The number of halogens is 2. The van der Waals surface area contributed by atoms with Crippen LogP contribution in [0.3, 0.4) is 0 Å². The van der Waals surface area contributed by atoms with E-state index in [2.05, 4.69) is 5.32 Å². The minimum absolute atomic E-state index is 0.0913. The van der Waals surface area contributed by atoms with Gasteiger partial charge >= 0.3 is 5.97 Å². The zero-order valence-corrected chi connectivity index (χ0v) is 11.3. The van der Waals surface area contributed by atoms with Gasteiger partial charge in [-0.05, 0) is 26.0 Å². The number of ether oxygens (including phenoxy) is 1. The number of hydrogen-bond donors (Lipinski definition) is 1. The predicted octanol–water partition coefficient (Wildman–Crippen LogP) is 3.75. The van der Waals surface area contributed by atoms with Crippen molar-refractivity contribution in [3.63, 3.8) is 0 Å². The maximum absolute atomic E-state index is 11.3. The number of anilines is 1. The highest BCUT2D eigenvalue weighted by Crippen LogP contribution is 2.30. The van der Waals surface area contributed by atoms with E-state index in [0.717, 1.165) is 0 Å². The third kappa shape index (κ3) is 4.44. The molecule has 0 fully saturated rings. The number of nitrogens with one attached hydrogen (secondary N) is 1. The van der Waals surface area contributed by atoms with Crippen molar-refractivity contribution in [3.8, 4) is 0 Å². The molecule has 1 aromatic carbocycles. The molecule has 0 aliphatic carbocycles. The van der Waals surface area contributed by atoms with Gasteiger partial charge in [0.25, 0.3) is 0 Å². The number of rotatable bonds is 5. The monoisotopic (exact) mass is 275 g/mol. The lowest BCUT2D eigenvalue weighted by molar-refractivity contribution is -0.143. The van der Waals surface area contributed by atoms with Crippen molar-refractivity contribution in [1.29, 1.82) is 0 Å². The van der Waals surface area contributed by atoms with Crippen LogP contribution >= 0.6 is 23.2 Å². The summed E-state index contributed by atoms with van der Waals surface area (Å²) < 4.78 is 4.87. The maximum Gasteiger partial charge on any atom is 0.307 e. The van der Waals surface area contributed by atoms with Gasteiger partial charge < -0.3 is 10.1 Å². The Labute approximate surface area is 111 Å². The van der Waals surface area contributed by atoms with E-state index in [9.17, 15) is 4.79 Å². The van der Waals surface area contributed by atoms with Crippen LogP contribution in [0.5, 0.6) is 0 Å². The third-order valence-electron chi connectivity index (χ3n) is 2.13. The fourth-order valence-corrected chi connectivity index (χ4v) is 1.91. The lowest BCUT2D eigenvalue weighted by Crippen LogP contribution is -2.21. The molecule has 94 valence electrons. The Balaban J connectivity index is 2.62. The summed E-state index contributed by atoms with van der Waals surface area (Å²) in [5.74, 6) is -0.240. The summed E-state index contributed by atoms with van der Waals surface area (Å²) >= 11 is 12.0. The van der Waals surface area contributed by atoms with Gasteiger partial charge in [-0.2, -0.15) is 0 Å². The summed E-state index contributed by atoms with van der Waals surface area (Å²) in [4.78, 5) is 11.3. The van der Waals surface area contributed by atoms with Crippen molar-refractivity contribution in [3.05, 3.63) is 28.2 Å². The van der Waals surface area contributed by atoms with Crippen molar-refractivity contribution < 1.29 is 9.53 Å². The van der Waals surface area contributed by atoms with E-state index in [1.807, 2.05) is 6.92 Å². The van der Waals surface area contributed by atoms with Gasteiger partial charge in [0.2, 0.25) is 0 Å². The molecule has 0 saturated carbocycles. The van der Waals surface area contributed by atoms with Gasteiger partial charge in [-0.1, -0.05) is 29.3 Å².